The van der Waals surface area contributed by atoms with Crippen LogP contribution in [-0.4, -0.2) is 37.9 Å². The van der Waals surface area contributed by atoms with Crippen LogP contribution in [0.15, 0.2) is 48.5 Å². The maximum Gasteiger partial charge on any atom is 0.414 e. The third kappa shape index (κ3) is 4.01. The Morgan fingerprint density at radius 2 is 2.07 bits per heavy atom. The van der Waals surface area contributed by atoms with Crippen molar-refractivity contribution < 1.29 is 19.1 Å². The molecule has 1 fully saturated rings. The average Bonchev–Trinajstić information content (AvgIpc) is 3.09. The van der Waals surface area contributed by atoms with Crippen LogP contribution in [0.5, 0.6) is 0 Å². The van der Waals surface area contributed by atoms with E-state index in [0.717, 1.165) is 5.69 Å². The molecule has 0 radical (unpaired) electrons. The lowest BCUT2D eigenvalue weighted by atomic mass is 10.1. The van der Waals surface area contributed by atoms with Crippen LogP contribution in [0.25, 0.3) is 0 Å². The molecule has 7 nitrogen and oxygen atoms in total. The molecular weight excluding hydrogens is 346 g/mol. The van der Waals surface area contributed by atoms with E-state index in [1.54, 1.807) is 42.5 Å². The van der Waals surface area contributed by atoms with Gasteiger partial charge in [0.15, 0.2) is 0 Å². The van der Waals surface area contributed by atoms with Crippen LogP contribution in [0, 0.1) is 11.3 Å². The minimum Gasteiger partial charge on any atom is -0.465 e. The van der Waals surface area contributed by atoms with Gasteiger partial charge in [0.2, 0.25) is 0 Å². The van der Waals surface area contributed by atoms with Gasteiger partial charge < -0.3 is 14.8 Å². The summed E-state index contributed by atoms with van der Waals surface area (Å²) in [5.41, 5.74) is 2.39. The zero-order valence-electron chi connectivity index (χ0n) is 15.0. The summed E-state index contributed by atoms with van der Waals surface area (Å²) in [6.45, 7) is 2.29. The van der Waals surface area contributed by atoms with Gasteiger partial charge in [-0.25, -0.2) is 9.59 Å². The zero-order valence-corrected chi connectivity index (χ0v) is 15.0. The molecule has 1 heterocycles. The Balaban J connectivity index is 1.67. The number of amides is 1. The normalized spacial score (nSPS) is 17.0. The number of hydrogen-bond acceptors (Lipinski definition) is 6. The molecule has 2 unspecified atom stereocenters. The van der Waals surface area contributed by atoms with Crippen molar-refractivity contribution >= 4 is 23.4 Å². The maximum atomic E-state index is 12.2. The van der Waals surface area contributed by atoms with Gasteiger partial charge in [0.1, 0.15) is 6.10 Å². The second kappa shape index (κ2) is 7.79. The number of cyclic esters (lactones) is 1. The van der Waals surface area contributed by atoms with E-state index in [0.29, 0.717) is 23.4 Å². The quantitative estimate of drug-likeness (QED) is 0.818. The number of anilines is 2. The summed E-state index contributed by atoms with van der Waals surface area (Å²) < 4.78 is 10.2. The minimum atomic E-state index is -0.429. The number of nitrogens with one attached hydrogen (secondary N) is 1. The van der Waals surface area contributed by atoms with Crippen LogP contribution in [-0.2, 0) is 9.47 Å². The van der Waals surface area contributed by atoms with Crippen LogP contribution in [0.2, 0.25) is 0 Å². The Morgan fingerprint density at radius 3 is 2.74 bits per heavy atom. The van der Waals surface area contributed by atoms with Gasteiger partial charge in [-0.15, -0.1) is 0 Å². The van der Waals surface area contributed by atoms with Crippen LogP contribution in [0.1, 0.15) is 22.8 Å². The fraction of sp³-hybridized carbons (Fsp3) is 0.250. The number of carbonyl (C=O) groups is 2. The van der Waals surface area contributed by atoms with Gasteiger partial charge >= 0.3 is 12.1 Å². The molecule has 1 N–H and O–H groups in total. The summed E-state index contributed by atoms with van der Waals surface area (Å²) in [6, 6.07) is 15.6. The smallest absolute Gasteiger partial charge is 0.414 e. The molecule has 2 aromatic rings. The Bertz CT molecular complexity index is 889. The number of nitriles is 1. The summed E-state index contributed by atoms with van der Waals surface area (Å²) >= 11 is 0. The summed E-state index contributed by atoms with van der Waals surface area (Å²) in [6.07, 6.45) is -0.795. The van der Waals surface area contributed by atoms with Crippen LogP contribution >= 0.6 is 0 Å². The first-order valence-electron chi connectivity index (χ1n) is 8.45. The van der Waals surface area contributed by atoms with Crippen molar-refractivity contribution in [3.8, 4) is 6.07 Å². The first-order valence-corrected chi connectivity index (χ1v) is 8.45. The van der Waals surface area contributed by atoms with Gasteiger partial charge in [-0.2, -0.15) is 5.26 Å². The molecule has 1 saturated heterocycles. The van der Waals surface area contributed by atoms with E-state index in [4.69, 9.17) is 14.7 Å². The highest BCUT2D eigenvalue weighted by Crippen LogP contribution is 2.24. The number of carbonyl (C=O) groups excluding carboxylic acids is 2. The molecule has 0 aromatic heterocycles. The topological polar surface area (TPSA) is 91.7 Å². The highest BCUT2D eigenvalue weighted by Gasteiger charge is 2.35. The lowest BCUT2D eigenvalue weighted by molar-refractivity contribution is 0.0600. The first kappa shape index (κ1) is 18.3. The molecule has 27 heavy (non-hydrogen) atoms. The number of hydrogen-bond donors (Lipinski definition) is 1. The maximum absolute atomic E-state index is 12.2. The second-order valence-electron chi connectivity index (χ2n) is 6.20. The van der Waals surface area contributed by atoms with E-state index in [-0.39, 0.29) is 12.1 Å². The van der Waals surface area contributed by atoms with Gasteiger partial charge in [0, 0.05) is 11.4 Å². The molecule has 0 aliphatic carbocycles. The van der Waals surface area contributed by atoms with Gasteiger partial charge in [-0.1, -0.05) is 6.07 Å². The summed E-state index contributed by atoms with van der Waals surface area (Å²) in [5, 5.41) is 12.1. The number of nitrogens with zero attached hydrogens (tertiary/aromatic N) is 2. The minimum absolute atomic E-state index is 0.176. The lowest BCUT2D eigenvalue weighted by Gasteiger charge is -2.20. The van der Waals surface area contributed by atoms with Crippen molar-refractivity contribution in [3.63, 3.8) is 0 Å². The SMILES string of the molecule is COC(=O)c1cccc(NC(C)C2CN(c3ccc(C#N)cc3)C(=O)O2)c1. The Labute approximate surface area is 157 Å². The molecule has 138 valence electrons. The summed E-state index contributed by atoms with van der Waals surface area (Å²) in [5.74, 6) is -0.411. The fourth-order valence-electron chi connectivity index (χ4n) is 2.88. The van der Waals surface area contributed by atoms with Crippen molar-refractivity contribution in [1.29, 1.82) is 5.26 Å². The largest absolute Gasteiger partial charge is 0.465 e. The van der Waals surface area contributed by atoms with Crippen LogP contribution in [0.4, 0.5) is 16.2 Å². The highest BCUT2D eigenvalue weighted by atomic mass is 16.6. The summed E-state index contributed by atoms with van der Waals surface area (Å²) in [7, 11) is 1.33. The first-order chi connectivity index (χ1) is 13.0. The van der Waals surface area contributed by atoms with Crippen LogP contribution < -0.4 is 10.2 Å². The van der Waals surface area contributed by atoms with E-state index >= 15 is 0 Å². The predicted molar refractivity (Wildman–Crippen MR) is 99.6 cm³/mol. The molecule has 7 heteroatoms. The van der Waals surface area contributed by atoms with Gasteiger partial charge in [0.25, 0.3) is 0 Å². The predicted octanol–water partition coefficient (Wildman–Crippen LogP) is 3.17. The van der Waals surface area contributed by atoms with Gasteiger partial charge in [-0.05, 0) is 49.4 Å². The van der Waals surface area contributed by atoms with Crippen molar-refractivity contribution in [2.24, 2.45) is 0 Å². The Hall–Kier alpha value is -3.53. The molecule has 0 spiro atoms. The van der Waals surface area contributed by atoms with Crippen LogP contribution in [0.3, 0.4) is 0 Å². The molecular formula is C20H19N3O4. The number of benzene rings is 2. The van der Waals surface area contributed by atoms with Gasteiger partial charge in [0.05, 0.1) is 36.9 Å². The van der Waals surface area contributed by atoms with E-state index in [1.807, 2.05) is 19.1 Å². The third-order valence-corrected chi connectivity index (χ3v) is 4.38. The van der Waals surface area contributed by atoms with Crippen molar-refractivity contribution in [2.45, 2.75) is 19.1 Å². The monoisotopic (exact) mass is 365 g/mol. The fourth-order valence-corrected chi connectivity index (χ4v) is 2.88. The average molecular weight is 365 g/mol. The Kier molecular flexibility index (Phi) is 5.27. The molecule has 0 saturated carbocycles. The summed E-state index contributed by atoms with van der Waals surface area (Å²) in [4.78, 5) is 25.4. The van der Waals surface area contributed by atoms with E-state index in [2.05, 4.69) is 5.32 Å². The molecule has 3 rings (SSSR count). The highest BCUT2D eigenvalue weighted by molar-refractivity contribution is 5.91. The number of esters is 1. The van der Waals surface area contributed by atoms with Crippen molar-refractivity contribution in [2.75, 3.05) is 23.9 Å². The Morgan fingerprint density at radius 1 is 1.33 bits per heavy atom. The van der Waals surface area contributed by atoms with Gasteiger partial charge in [-0.3, -0.25) is 4.90 Å². The molecule has 2 aromatic carbocycles. The van der Waals surface area contributed by atoms with E-state index in [9.17, 15) is 9.59 Å². The number of methoxy groups -OCH3 is 1. The van der Waals surface area contributed by atoms with Crippen molar-refractivity contribution in [3.05, 3.63) is 59.7 Å². The lowest BCUT2D eigenvalue weighted by Crippen LogP contribution is -2.34. The molecule has 2 atom stereocenters. The molecule has 1 amide bonds. The number of ether oxygens (including phenoxy) is 2. The molecule has 1 aliphatic heterocycles. The molecule has 0 bridgehead atoms. The van der Waals surface area contributed by atoms with Crippen molar-refractivity contribution in [1.82, 2.24) is 0 Å². The zero-order chi connectivity index (χ0) is 19.4. The second-order valence-corrected chi connectivity index (χ2v) is 6.20. The third-order valence-electron chi connectivity index (χ3n) is 4.38. The molecule has 1 aliphatic rings. The van der Waals surface area contributed by atoms with E-state index < -0.39 is 12.1 Å². The standard InChI is InChI=1S/C20H19N3O4/c1-13(22-16-5-3-4-15(10-16)19(24)26-2)18-12-23(20(25)27-18)17-8-6-14(11-21)7-9-17/h3-10,13,18,22H,12H2,1-2H3. The number of rotatable bonds is 5. The van der Waals surface area contributed by atoms with E-state index in [1.165, 1.54) is 12.0 Å².